The highest BCUT2D eigenvalue weighted by atomic mass is 16.6. The van der Waals surface area contributed by atoms with E-state index < -0.39 is 0 Å². The lowest BCUT2D eigenvalue weighted by molar-refractivity contribution is -0.124. The van der Waals surface area contributed by atoms with Crippen LogP contribution < -0.4 is 24.8 Å². The molecule has 0 radical (unpaired) electrons. The second-order valence-electron chi connectivity index (χ2n) is 5.59. The number of carbonyl (C=O) groups excluding carboxylic acids is 2. The number of benzene rings is 2. The average molecular weight is 356 g/mol. The normalized spacial score (nSPS) is 12.2. The highest BCUT2D eigenvalue weighted by Gasteiger charge is 2.13. The van der Waals surface area contributed by atoms with E-state index in [0.29, 0.717) is 36.1 Å². The molecule has 0 atom stereocenters. The topological polar surface area (TPSA) is 85.9 Å². The Bertz CT molecular complexity index is 764. The van der Waals surface area contributed by atoms with Crippen molar-refractivity contribution in [1.29, 1.82) is 0 Å². The van der Waals surface area contributed by atoms with Crippen LogP contribution in [0.25, 0.3) is 0 Å². The van der Waals surface area contributed by atoms with E-state index in [1.807, 2.05) is 30.3 Å². The fraction of sp³-hybridized carbons (Fsp3) is 0.263. The van der Waals surface area contributed by atoms with Crippen molar-refractivity contribution in [2.75, 3.05) is 31.7 Å². The second kappa shape index (κ2) is 8.75. The fourth-order valence-electron chi connectivity index (χ4n) is 2.37. The molecular formula is C19H20N2O5. The van der Waals surface area contributed by atoms with E-state index in [1.165, 1.54) is 0 Å². The maximum Gasteiger partial charge on any atom is 0.243 e. The van der Waals surface area contributed by atoms with E-state index in [0.717, 1.165) is 0 Å². The molecule has 136 valence electrons. The Kier molecular flexibility index (Phi) is 5.92. The third-order valence-electron chi connectivity index (χ3n) is 3.61. The number of fused-ring (bicyclic) bond motifs is 1. The number of amides is 2. The van der Waals surface area contributed by atoms with Gasteiger partial charge in [-0.2, -0.15) is 0 Å². The van der Waals surface area contributed by atoms with E-state index in [2.05, 4.69) is 10.6 Å². The van der Waals surface area contributed by atoms with Crippen molar-refractivity contribution >= 4 is 17.5 Å². The van der Waals surface area contributed by atoms with Gasteiger partial charge < -0.3 is 24.8 Å². The molecular weight excluding hydrogens is 336 g/mol. The van der Waals surface area contributed by atoms with Crippen molar-refractivity contribution in [3.63, 3.8) is 0 Å². The summed E-state index contributed by atoms with van der Waals surface area (Å²) >= 11 is 0. The maximum absolute atomic E-state index is 12.0. The first-order valence-electron chi connectivity index (χ1n) is 8.35. The lowest BCUT2D eigenvalue weighted by Crippen LogP contribution is -2.33. The third-order valence-corrected chi connectivity index (χ3v) is 3.61. The summed E-state index contributed by atoms with van der Waals surface area (Å²) in [6, 6.07) is 14.4. The monoisotopic (exact) mass is 356 g/mol. The van der Waals surface area contributed by atoms with Gasteiger partial charge in [0.05, 0.1) is 19.6 Å². The maximum atomic E-state index is 12.0. The molecule has 2 N–H and O–H groups in total. The van der Waals surface area contributed by atoms with E-state index in [-0.39, 0.29) is 31.4 Å². The Morgan fingerprint density at radius 3 is 2.54 bits per heavy atom. The first kappa shape index (κ1) is 17.6. The molecule has 0 spiro atoms. The highest BCUT2D eigenvalue weighted by molar-refractivity contribution is 5.94. The van der Waals surface area contributed by atoms with E-state index in [9.17, 15) is 9.59 Å². The smallest absolute Gasteiger partial charge is 0.243 e. The van der Waals surface area contributed by atoms with Gasteiger partial charge >= 0.3 is 0 Å². The Hall–Kier alpha value is -3.22. The minimum atomic E-state index is -0.320. The van der Waals surface area contributed by atoms with E-state index in [4.69, 9.17) is 14.2 Å². The molecule has 1 aliphatic rings. The molecule has 0 saturated carbocycles. The molecule has 0 aliphatic carbocycles. The standard InChI is InChI=1S/C19H20N2O5/c22-18(8-9-24-15-4-2-1-3-5-15)20-13-19(23)21-14-6-7-16-17(12-14)26-11-10-25-16/h1-7,12H,8-11,13H2,(H,20,22)(H,21,23). The minimum Gasteiger partial charge on any atom is -0.493 e. The lowest BCUT2D eigenvalue weighted by Gasteiger charge is -2.19. The van der Waals surface area contributed by atoms with Gasteiger partial charge in [0.1, 0.15) is 19.0 Å². The van der Waals surface area contributed by atoms with Crippen molar-refractivity contribution in [3.8, 4) is 17.2 Å². The summed E-state index contributed by atoms with van der Waals surface area (Å²) in [5, 5.41) is 5.27. The van der Waals surface area contributed by atoms with Gasteiger partial charge in [0.25, 0.3) is 0 Å². The Labute approximate surface area is 151 Å². The zero-order chi connectivity index (χ0) is 18.2. The van der Waals surface area contributed by atoms with Crippen molar-refractivity contribution in [2.45, 2.75) is 6.42 Å². The number of ether oxygens (including phenoxy) is 3. The summed E-state index contributed by atoms with van der Waals surface area (Å²) in [5.74, 6) is 1.38. The summed E-state index contributed by atoms with van der Waals surface area (Å²) < 4.78 is 16.3. The highest BCUT2D eigenvalue weighted by Crippen LogP contribution is 2.32. The van der Waals surface area contributed by atoms with Crippen molar-refractivity contribution in [3.05, 3.63) is 48.5 Å². The number of para-hydroxylation sites is 1. The number of hydrogen-bond donors (Lipinski definition) is 2. The summed E-state index contributed by atoms with van der Waals surface area (Å²) in [7, 11) is 0. The summed E-state index contributed by atoms with van der Waals surface area (Å²) in [6.45, 7) is 1.13. The summed E-state index contributed by atoms with van der Waals surface area (Å²) in [5.41, 5.74) is 0.584. The quantitative estimate of drug-likeness (QED) is 0.792. The Balaban J connectivity index is 1.37. The molecule has 2 aromatic rings. The van der Waals surface area contributed by atoms with Crippen LogP contribution in [-0.2, 0) is 9.59 Å². The lowest BCUT2D eigenvalue weighted by atomic mass is 10.2. The summed E-state index contributed by atoms with van der Waals surface area (Å²) in [6.07, 6.45) is 0.173. The minimum absolute atomic E-state index is 0.112. The van der Waals surface area contributed by atoms with Gasteiger partial charge in [-0.3, -0.25) is 9.59 Å². The number of hydrogen-bond acceptors (Lipinski definition) is 5. The third kappa shape index (κ3) is 5.14. The molecule has 0 saturated heterocycles. The van der Waals surface area contributed by atoms with Crippen LogP contribution in [0.2, 0.25) is 0 Å². The molecule has 3 rings (SSSR count). The number of anilines is 1. The Morgan fingerprint density at radius 2 is 1.73 bits per heavy atom. The van der Waals surface area contributed by atoms with Crippen LogP contribution in [0.3, 0.4) is 0 Å². The number of rotatable bonds is 7. The first-order valence-corrected chi connectivity index (χ1v) is 8.35. The van der Waals surface area contributed by atoms with Crippen LogP contribution in [0.5, 0.6) is 17.2 Å². The molecule has 2 aromatic carbocycles. The average Bonchev–Trinajstić information content (AvgIpc) is 2.67. The van der Waals surface area contributed by atoms with Gasteiger partial charge in [0.2, 0.25) is 11.8 Å². The van der Waals surface area contributed by atoms with Gasteiger partial charge in [-0.15, -0.1) is 0 Å². The van der Waals surface area contributed by atoms with Gasteiger partial charge in [-0.25, -0.2) is 0 Å². The number of carbonyl (C=O) groups is 2. The molecule has 26 heavy (non-hydrogen) atoms. The predicted octanol–water partition coefficient (Wildman–Crippen LogP) is 1.98. The second-order valence-corrected chi connectivity index (χ2v) is 5.59. The van der Waals surface area contributed by atoms with Crippen LogP contribution >= 0.6 is 0 Å². The first-order chi connectivity index (χ1) is 12.7. The predicted molar refractivity (Wildman–Crippen MR) is 95.6 cm³/mol. The van der Waals surface area contributed by atoms with Crippen molar-refractivity contribution < 1.29 is 23.8 Å². The van der Waals surface area contributed by atoms with Crippen LogP contribution in [0.1, 0.15) is 6.42 Å². The van der Waals surface area contributed by atoms with Gasteiger partial charge in [0, 0.05) is 11.8 Å². The van der Waals surface area contributed by atoms with Gasteiger partial charge in [-0.05, 0) is 24.3 Å². The molecule has 0 fully saturated rings. The van der Waals surface area contributed by atoms with Crippen LogP contribution in [0.15, 0.2) is 48.5 Å². The fourth-order valence-corrected chi connectivity index (χ4v) is 2.37. The van der Waals surface area contributed by atoms with Crippen molar-refractivity contribution in [1.82, 2.24) is 5.32 Å². The van der Waals surface area contributed by atoms with E-state index in [1.54, 1.807) is 18.2 Å². The Morgan fingerprint density at radius 1 is 0.962 bits per heavy atom. The molecule has 7 nitrogen and oxygen atoms in total. The zero-order valence-electron chi connectivity index (χ0n) is 14.2. The van der Waals surface area contributed by atoms with Gasteiger partial charge in [-0.1, -0.05) is 18.2 Å². The van der Waals surface area contributed by atoms with Crippen LogP contribution in [-0.4, -0.2) is 38.2 Å². The molecule has 0 bridgehead atoms. The van der Waals surface area contributed by atoms with Crippen LogP contribution in [0, 0.1) is 0 Å². The molecule has 7 heteroatoms. The van der Waals surface area contributed by atoms with E-state index >= 15 is 0 Å². The largest absolute Gasteiger partial charge is 0.493 e. The molecule has 0 unspecified atom stereocenters. The molecule has 1 aliphatic heterocycles. The van der Waals surface area contributed by atoms with Crippen LogP contribution in [0.4, 0.5) is 5.69 Å². The SMILES string of the molecule is O=C(CCOc1ccccc1)NCC(=O)Nc1ccc2c(c1)OCCO2. The molecule has 1 heterocycles. The van der Waals surface area contributed by atoms with Gasteiger partial charge in [0.15, 0.2) is 11.5 Å². The van der Waals surface area contributed by atoms with Crippen molar-refractivity contribution in [2.24, 2.45) is 0 Å². The zero-order valence-corrected chi connectivity index (χ0v) is 14.2. The molecule has 0 aromatic heterocycles. The molecule has 2 amide bonds. The number of nitrogens with one attached hydrogen (secondary N) is 2. The summed E-state index contributed by atoms with van der Waals surface area (Å²) in [4.78, 5) is 23.7.